The number of nitrogens with zero attached hydrogens (tertiary/aromatic N) is 3. The van der Waals surface area contributed by atoms with Crippen molar-refractivity contribution in [3.8, 4) is 0 Å². The third-order valence-electron chi connectivity index (χ3n) is 2.81. The summed E-state index contributed by atoms with van der Waals surface area (Å²) in [5.74, 6) is -0.779. The molecule has 0 saturated carbocycles. The topological polar surface area (TPSA) is 69.6 Å². The van der Waals surface area contributed by atoms with Gasteiger partial charge in [0.15, 0.2) is 11.7 Å². The van der Waals surface area contributed by atoms with Crippen molar-refractivity contribution in [1.82, 2.24) is 20.5 Å². The van der Waals surface area contributed by atoms with E-state index in [-0.39, 0.29) is 17.5 Å². The van der Waals surface area contributed by atoms with E-state index in [2.05, 4.69) is 20.6 Å². The Morgan fingerprint density at radius 2 is 1.92 bits per heavy atom. The first-order chi connectivity index (χ1) is 11.9. The van der Waals surface area contributed by atoms with E-state index in [9.17, 15) is 31.1 Å². The van der Waals surface area contributed by atoms with Gasteiger partial charge in [-0.1, -0.05) is 0 Å². The number of likely N-dealkylation sites (N-methyl/N-ethyl adjacent to an activating group) is 1. The summed E-state index contributed by atoms with van der Waals surface area (Å²) in [4.78, 5) is 19.4. The minimum atomic E-state index is -4.54. The van der Waals surface area contributed by atoms with E-state index in [0.717, 1.165) is 23.8 Å². The van der Waals surface area contributed by atoms with E-state index in [1.54, 1.807) is 6.92 Å². The second-order valence-electron chi connectivity index (χ2n) is 5.04. The van der Waals surface area contributed by atoms with Crippen LogP contribution < -0.4 is 10.6 Å². The second kappa shape index (κ2) is 9.05. The molecule has 2 N–H and O–H groups in total. The van der Waals surface area contributed by atoms with Crippen LogP contribution in [-0.2, 0) is 17.5 Å². The minimum Gasteiger partial charge on any atom is -0.357 e. The SMILES string of the molecule is CCNC(=NCC(=O)N(C)CC(F)(F)F)NCc1nc(C(F)(F)F)cs1. The number of nitrogens with one attached hydrogen (secondary N) is 2. The number of halogens is 6. The number of thiazole rings is 1. The number of carbonyl (C=O) groups is 1. The monoisotopic (exact) mass is 405 g/mol. The van der Waals surface area contributed by atoms with Crippen LogP contribution in [-0.4, -0.2) is 54.6 Å². The molecule has 0 atom stereocenters. The molecule has 1 heterocycles. The number of guanidine groups is 1. The number of hydrogen-bond acceptors (Lipinski definition) is 4. The summed E-state index contributed by atoms with van der Waals surface area (Å²) in [6.07, 6.45) is -9.05. The average molecular weight is 405 g/mol. The summed E-state index contributed by atoms with van der Waals surface area (Å²) < 4.78 is 74.2. The predicted octanol–water partition coefficient (Wildman–Crippen LogP) is 2.24. The molecule has 0 aliphatic carbocycles. The smallest absolute Gasteiger partial charge is 0.357 e. The Kier molecular flexibility index (Phi) is 7.66. The Morgan fingerprint density at radius 3 is 2.42 bits per heavy atom. The van der Waals surface area contributed by atoms with Gasteiger partial charge in [-0.3, -0.25) is 4.79 Å². The van der Waals surface area contributed by atoms with Crippen LogP contribution in [0.5, 0.6) is 0 Å². The highest BCUT2D eigenvalue weighted by Crippen LogP contribution is 2.29. The van der Waals surface area contributed by atoms with Gasteiger partial charge in [0.05, 0.1) is 6.54 Å². The van der Waals surface area contributed by atoms with Crippen LogP contribution >= 0.6 is 11.3 Å². The largest absolute Gasteiger partial charge is 0.434 e. The molecule has 0 unspecified atom stereocenters. The highest BCUT2D eigenvalue weighted by atomic mass is 32.1. The van der Waals surface area contributed by atoms with Gasteiger partial charge >= 0.3 is 12.4 Å². The predicted molar refractivity (Wildman–Crippen MR) is 83.6 cm³/mol. The molecule has 1 rings (SSSR count). The van der Waals surface area contributed by atoms with Crippen LogP contribution in [0.2, 0.25) is 0 Å². The van der Waals surface area contributed by atoms with Crippen LogP contribution in [0.15, 0.2) is 10.4 Å². The fourth-order valence-corrected chi connectivity index (χ4v) is 2.39. The first kappa shape index (κ1) is 22.0. The molecule has 1 amide bonds. The molecule has 0 radical (unpaired) electrons. The van der Waals surface area contributed by atoms with E-state index in [1.165, 1.54) is 0 Å². The molecule has 1 aromatic heterocycles. The zero-order valence-electron chi connectivity index (χ0n) is 13.8. The molecule has 0 aliphatic rings. The number of carbonyl (C=O) groups excluding carboxylic acids is 1. The lowest BCUT2D eigenvalue weighted by Crippen LogP contribution is -2.40. The van der Waals surface area contributed by atoms with Crippen molar-refractivity contribution < 1.29 is 31.1 Å². The number of aromatic nitrogens is 1. The molecule has 0 saturated heterocycles. The van der Waals surface area contributed by atoms with Crippen LogP contribution in [0, 0.1) is 0 Å². The summed E-state index contributed by atoms with van der Waals surface area (Å²) in [6.45, 7) is 0.0570. The van der Waals surface area contributed by atoms with Gasteiger partial charge in [-0.15, -0.1) is 11.3 Å². The maximum absolute atomic E-state index is 12.5. The summed E-state index contributed by atoms with van der Waals surface area (Å²) >= 11 is 0.796. The zero-order valence-corrected chi connectivity index (χ0v) is 14.6. The van der Waals surface area contributed by atoms with Gasteiger partial charge in [-0.05, 0) is 6.92 Å². The maximum atomic E-state index is 12.5. The van der Waals surface area contributed by atoms with E-state index in [4.69, 9.17) is 0 Å². The lowest BCUT2D eigenvalue weighted by atomic mass is 10.5. The molecule has 0 fully saturated rings. The Hall–Kier alpha value is -2.05. The molecule has 0 aromatic carbocycles. The number of rotatable bonds is 6. The summed E-state index contributed by atoms with van der Waals surface area (Å²) in [5.41, 5.74) is -1.01. The number of amides is 1. The van der Waals surface area contributed by atoms with Gasteiger partial charge in [-0.25, -0.2) is 9.98 Å². The zero-order chi connectivity index (χ0) is 20.0. The molecular formula is C13H17F6N5OS. The highest BCUT2D eigenvalue weighted by molar-refractivity contribution is 7.09. The van der Waals surface area contributed by atoms with Crippen LogP contribution in [0.25, 0.3) is 0 Å². The van der Waals surface area contributed by atoms with Gasteiger partial charge in [0, 0.05) is 19.0 Å². The van der Waals surface area contributed by atoms with Crippen molar-refractivity contribution in [2.24, 2.45) is 4.99 Å². The number of hydrogen-bond donors (Lipinski definition) is 2. The lowest BCUT2D eigenvalue weighted by Gasteiger charge is -2.18. The fourth-order valence-electron chi connectivity index (χ4n) is 1.65. The average Bonchev–Trinajstić information content (AvgIpc) is 2.97. The van der Waals surface area contributed by atoms with Crippen molar-refractivity contribution in [1.29, 1.82) is 0 Å². The second-order valence-corrected chi connectivity index (χ2v) is 5.98. The fraction of sp³-hybridized carbons (Fsp3) is 0.615. The Balaban J connectivity index is 2.63. The molecule has 0 bridgehead atoms. The number of alkyl halides is 6. The van der Waals surface area contributed by atoms with E-state index >= 15 is 0 Å². The molecule has 26 heavy (non-hydrogen) atoms. The van der Waals surface area contributed by atoms with Crippen LogP contribution in [0.4, 0.5) is 26.3 Å². The summed E-state index contributed by atoms with van der Waals surface area (Å²) in [5, 5.41) is 6.42. The normalized spacial score (nSPS) is 12.8. The molecular weight excluding hydrogens is 388 g/mol. The molecule has 1 aromatic rings. The molecule has 0 spiro atoms. The Labute approximate surface area is 149 Å². The van der Waals surface area contributed by atoms with Crippen molar-refractivity contribution in [3.05, 3.63) is 16.1 Å². The summed E-state index contributed by atoms with van der Waals surface area (Å²) in [6, 6.07) is 0. The van der Waals surface area contributed by atoms with Crippen molar-refractivity contribution in [2.45, 2.75) is 25.8 Å². The standard InChI is InChI=1S/C13H17F6N5OS/c1-3-20-11(22-5-10(25)24(2)7-12(14,15)16)21-4-9-23-8(6-26-9)13(17,18)19/h6H,3-5,7H2,1-2H3,(H2,20,21,22). The van der Waals surface area contributed by atoms with Gasteiger partial charge < -0.3 is 15.5 Å². The minimum absolute atomic E-state index is 0.0741. The molecule has 13 heteroatoms. The van der Waals surface area contributed by atoms with Gasteiger partial charge in [0.25, 0.3) is 0 Å². The van der Waals surface area contributed by atoms with Gasteiger partial charge in [0.2, 0.25) is 5.91 Å². The van der Waals surface area contributed by atoms with Gasteiger partial charge in [-0.2, -0.15) is 26.3 Å². The van der Waals surface area contributed by atoms with E-state index in [1.807, 2.05) is 0 Å². The van der Waals surface area contributed by atoms with Crippen molar-refractivity contribution >= 4 is 23.2 Å². The van der Waals surface area contributed by atoms with Gasteiger partial charge in [0.1, 0.15) is 18.1 Å². The Bertz CT molecular complexity index is 627. The van der Waals surface area contributed by atoms with E-state index in [0.29, 0.717) is 11.4 Å². The highest BCUT2D eigenvalue weighted by Gasteiger charge is 2.33. The molecule has 6 nitrogen and oxygen atoms in total. The third kappa shape index (κ3) is 7.89. The molecule has 0 aliphatic heterocycles. The Morgan fingerprint density at radius 1 is 1.27 bits per heavy atom. The van der Waals surface area contributed by atoms with Crippen LogP contribution in [0.3, 0.4) is 0 Å². The van der Waals surface area contributed by atoms with Crippen molar-refractivity contribution in [3.63, 3.8) is 0 Å². The van der Waals surface area contributed by atoms with Crippen LogP contribution in [0.1, 0.15) is 17.6 Å². The molecule has 148 valence electrons. The maximum Gasteiger partial charge on any atom is 0.434 e. The first-order valence-electron chi connectivity index (χ1n) is 7.27. The first-order valence-corrected chi connectivity index (χ1v) is 8.15. The number of aliphatic imine (C=N–C) groups is 1. The summed E-state index contributed by atoms with van der Waals surface area (Å²) in [7, 11) is 1.000. The quantitative estimate of drug-likeness (QED) is 0.433. The van der Waals surface area contributed by atoms with E-state index < -0.39 is 37.0 Å². The lowest BCUT2D eigenvalue weighted by molar-refractivity contribution is -0.157. The van der Waals surface area contributed by atoms with Crippen molar-refractivity contribution in [2.75, 3.05) is 26.7 Å². The third-order valence-corrected chi connectivity index (χ3v) is 3.66.